The summed E-state index contributed by atoms with van der Waals surface area (Å²) in [5.74, 6) is -0.922. The number of ketones is 1. The number of hydrogen-bond acceptors (Lipinski definition) is 6. The van der Waals surface area contributed by atoms with Gasteiger partial charge in [0.15, 0.2) is 5.78 Å². The molecule has 1 atom stereocenters. The molecular weight excluding hydrogens is 426 g/mol. The molecule has 6 nitrogen and oxygen atoms in total. The van der Waals surface area contributed by atoms with Crippen LogP contribution in [0.25, 0.3) is 0 Å². The molecule has 0 radical (unpaired) electrons. The Kier molecular flexibility index (Phi) is 5.82. The average Bonchev–Trinajstić information content (AvgIpc) is 2.74. The van der Waals surface area contributed by atoms with E-state index in [1.165, 1.54) is 0 Å². The first-order chi connectivity index (χ1) is 15.2. The number of hydrogen-bond donors (Lipinski definition) is 1. The lowest BCUT2D eigenvalue weighted by molar-refractivity contribution is -0.138. The van der Waals surface area contributed by atoms with Crippen LogP contribution in [0.1, 0.15) is 45.1 Å². The molecule has 0 fully saturated rings. The van der Waals surface area contributed by atoms with Gasteiger partial charge >= 0.3 is 5.97 Å². The van der Waals surface area contributed by atoms with Crippen molar-refractivity contribution in [3.8, 4) is 0 Å². The standard InChI is InChI=1S/C25H26ClN3O3/c1-4-32-24(31)22-20(15-6-5-11-28-14-15)21-18(12-25(2,3)13-19(21)30)29(23(22)27)17-9-7-16(26)8-10-17/h5-11,14,20H,4,12-13,27H2,1-3H3/t20-/m1/s1. The number of anilines is 1. The Hall–Kier alpha value is -3.12. The van der Waals surface area contributed by atoms with Crippen molar-refractivity contribution >= 4 is 29.0 Å². The summed E-state index contributed by atoms with van der Waals surface area (Å²) in [6.45, 7) is 6.07. The Morgan fingerprint density at radius 1 is 1.25 bits per heavy atom. The maximum absolute atomic E-state index is 13.5. The van der Waals surface area contributed by atoms with Crippen molar-refractivity contribution in [1.82, 2.24) is 4.98 Å². The second-order valence-corrected chi connectivity index (χ2v) is 9.29. The minimum Gasteiger partial charge on any atom is -0.463 e. The molecule has 2 N–H and O–H groups in total. The Morgan fingerprint density at radius 3 is 2.59 bits per heavy atom. The van der Waals surface area contributed by atoms with Crippen LogP contribution < -0.4 is 10.6 Å². The lowest BCUT2D eigenvalue weighted by Gasteiger charge is -2.44. The summed E-state index contributed by atoms with van der Waals surface area (Å²) < 4.78 is 5.38. The van der Waals surface area contributed by atoms with Crippen molar-refractivity contribution in [2.45, 2.75) is 39.5 Å². The minimum atomic E-state index is -0.634. The van der Waals surface area contributed by atoms with Crippen LogP contribution in [0.15, 0.2) is 71.5 Å². The zero-order valence-corrected chi connectivity index (χ0v) is 19.1. The van der Waals surface area contributed by atoms with Gasteiger partial charge in [-0.2, -0.15) is 0 Å². The van der Waals surface area contributed by atoms with E-state index in [0.717, 1.165) is 16.9 Å². The molecule has 1 aliphatic carbocycles. The number of carbonyl (C=O) groups is 2. The van der Waals surface area contributed by atoms with Crippen LogP contribution in [0, 0.1) is 5.41 Å². The molecular formula is C25H26ClN3O3. The van der Waals surface area contributed by atoms with E-state index in [4.69, 9.17) is 22.1 Å². The quantitative estimate of drug-likeness (QED) is 0.677. The van der Waals surface area contributed by atoms with Gasteiger partial charge in [0.1, 0.15) is 5.82 Å². The van der Waals surface area contributed by atoms with Crippen LogP contribution in [0.4, 0.5) is 5.69 Å². The molecule has 7 heteroatoms. The number of Topliss-reactive ketones (excluding diaryl/α,β-unsaturated/α-hetero) is 1. The molecule has 0 amide bonds. The molecule has 0 unspecified atom stereocenters. The van der Waals surface area contributed by atoms with Gasteiger partial charge < -0.3 is 10.5 Å². The van der Waals surface area contributed by atoms with Crippen molar-refractivity contribution < 1.29 is 14.3 Å². The van der Waals surface area contributed by atoms with Gasteiger partial charge in [0.25, 0.3) is 0 Å². The van der Waals surface area contributed by atoms with Crippen molar-refractivity contribution in [2.24, 2.45) is 11.1 Å². The predicted octanol–water partition coefficient (Wildman–Crippen LogP) is 4.72. The summed E-state index contributed by atoms with van der Waals surface area (Å²) >= 11 is 6.11. The lowest BCUT2D eigenvalue weighted by Crippen LogP contribution is -2.43. The average molecular weight is 452 g/mol. The van der Waals surface area contributed by atoms with Gasteiger partial charge in [-0.25, -0.2) is 4.79 Å². The van der Waals surface area contributed by atoms with Gasteiger partial charge in [0, 0.05) is 40.8 Å². The van der Waals surface area contributed by atoms with E-state index in [2.05, 4.69) is 18.8 Å². The SMILES string of the molecule is CCOC(=O)C1=C(N)N(c2ccc(Cl)cc2)C2=C(C(=O)CC(C)(C)C2)[C@H]1c1cccnc1. The third-order valence-electron chi connectivity index (χ3n) is 5.86. The molecule has 0 saturated carbocycles. The second-order valence-electron chi connectivity index (χ2n) is 8.85. The number of nitrogens with zero attached hydrogens (tertiary/aromatic N) is 2. The summed E-state index contributed by atoms with van der Waals surface area (Å²) in [5, 5.41) is 0.585. The highest BCUT2D eigenvalue weighted by Gasteiger charge is 2.46. The smallest absolute Gasteiger partial charge is 0.338 e. The molecule has 0 bridgehead atoms. The number of benzene rings is 1. The second kappa shape index (κ2) is 8.43. The number of aromatic nitrogens is 1. The first-order valence-corrected chi connectivity index (χ1v) is 11.0. The monoisotopic (exact) mass is 451 g/mol. The van der Waals surface area contributed by atoms with Gasteiger partial charge in [-0.3, -0.25) is 14.7 Å². The normalized spacial score (nSPS) is 20.3. The third kappa shape index (κ3) is 3.91. The number of halogens is 1. The number of rotatable bonds is 4. The maximum atomic E-state index is 13.5. The number of ether oxygens (including phenoxy) is 1. The van der Waals surface area contributed by atoms with Crippen molar-refractivity contribution in [1.29, 1.82) is 0 Å². The molecule has 1 aromatic carbocycles. The fourth-order valence-corrected chi connectivity index (χ4v) is 4.71. The fourth-order valence-electron chi connectivity index (χ4n) is 4.58. The van der Waals surface area contributed by atoms with Crippen LogP contribution >= 0.6 is 11.6 Å². The van der Waals surface area contributed by atoms with Crippen LogP contribution in [0.3, 0.4) is 0 Å². The summed E-state index contributed by atoms with van der Waals surface area (Å²) in [6.07, 6.45) is 4.34. The van der Waals surface area contributed by atoms with Crippen LogP contribution in [0.2, 0.25) is 5.02 Å². The molecule has 1 aromatic heterocycles. The molecule has 2 heterocycles. The third-order valence-corrected chi connectivity index (χ3v) is 6.11. The molecule has 32 heavy (non-hydrogen) atoms. The Bertz CT molecular complexity index is 1120. The van der Waals surface area contributed by atoms with Gasteiger partial charge in [-0.15, -0.1) is 0 Å². The first kappa shape index (κ1) is 22.1. The highest BCUT2D eigenvalue weighted by molar-refractivity contribution is 6.30. The topological polar surface area (TPSA) is 85.5 Å². The lowest BCUT2D eigenvalue weighted by atomic mass is 9.68. The summed E-state index contributed by atoms with van der Waals surface area (Å²) in [5.41, 5.74) is 9.54. The molecule has 2 aliphatic rings. The van der Waals surface area contributed by atoms with Crippen LogP contribution in [0.5, 0.6) is 0 Å². The number of esters is 1. The van der Waals surface area contributed by atoms with E-state index in [0.29, 0.717) is 23.4 Å². The predicted molar refractivity (Wildman–Crippen MR) is 124 cm³/mol. The van der Waals surface area contributed by atoms with Crippen molar-refractivity contribution in [2.75, 3.05) is 11.5 Å². The highest BCUT2D eigenvalue weighted by atomic mass is 35.5. The summed E-state index contributed by atoms with van der Waals surface area (Å²) in [7, 11) is 0. The molecule has 1 aliphatic heterocycles. The molecule has 166 valence electrons. The fraction of sp³-hybridized carbons (Fsp3) is 0.320. The highest BCUT2D eigenvalue weighted by Crippen LogP contribution is 2.50. The molecule has 0 spiro atoms. The van der Waals surface area contributed by atoms with Gasteiger partial charge in [-0.1, -0.05) is 31.5 Å². The van der Waals surface area contributed by atoms with Gasteiger partial charge in [0.2, 0.25) is 0 Å². The first-order valence-electron chi connectivity index (χ1n) is 10.6. The number of nitrogens with two attached hydrogens (primary N) is 1. The molecule has 4 rings (SSSR count). The van der Waals surface area contributed by atoms with Crippen molar-refractivity contribution in [3.63, 3.8) is 0 Å². The Labute approximate surface area is 192 Å². The number of allylic oxidation sites excluding steroid dienone is 2. The van der Waals surface area contributed by atoms with Crippen molar-refractivity contribution in [3.05, 3.63) is 82.0 Å². The Morgan fingerprint density at radius 2 is 1.97 bits per heavy atom. The van der Waals surface area contributed by atoms with E-state index in [-0.39, 0.29) is 29.2 Å². The van der Waals surface area contributed by atoms with E-state index in [1.807, 2.05) is 23.1 Å². The van der Waals surface area contributed by atoms with E-state index >= 15 is 0 Å². The minimum absolute atomic E-state index is 0.00151. The Balaban J connectivity index is 2.01. The molecule has 2 aromatic rings. The zero-order chi connectivity index (χ0) is 23.0. The maximum Gasteiger partial charge on any atom is 0.338 e. The van der Waals surface area contributed by atoms with Gasteiger partial charge in [0.05, 0.1) is 18.1 Å². The van der Waals surface area contributed by atoms with Crippen LogP contribution in [-0.4, -0.2) is 23.3 Å². The van der Waals surface area contributed by atoms with E-state index < -0.39 is 11.9 Å². The van der Waals surface area contributed by atoms with E-state index in [9.17, 15) is 9.59 Å². The summed E-state index contributed by atoms with van der Waals surface area (Å²) in [6, 6.07) is 10.8. The largest absolute Gasteiger partial charge is 0.463 e. The van der Waals surface area contributed by atoms with Gasteiger partial charge in [-0.05, 0) is 54.7 Å². The van der Waals surface area contributed by atoms with E-state index in [1.54, 1.807) is 37.5 Å². The number of carbonyl (C=O) groups excluding carboxylic acids is 2. The van der Waals surface area contributed by atoms with Crippen LogP contribution in [-0.2, 0) is 14.3 Å². The molecule has 0 saturated heterocycles. The zero-order valence-electron chi connectivity index (χ0n) is 18.4. The number of pyridine rings is 1. The summed E-state index contributed by atoms with van der Waals surface area (Å²) in [4.78, 5) is 32.8.